The number of rotatable bonds is 4. The van der Waals surface area contributed by atoms with E-state index in [9.17, 15) is 9.50 Å². The molecule has 1 saturated heterocycles. The summed E-state index contributed by atoms with van der Waals surface area (Å²) in [6.45, 7) is 2.40. The van der Waals surface area contributed by atoms with Crippen LogP contribution in [-0.2, 0) is 6.54 Å². The van der Waals surface area contributed by atoms with Gasteiger partial charge in [-0.1, -0.05) is 30.3 Å². The van der Waals surface area contributed by atoms with E-state index in [4.69, 9.17) is 4.42 Å². The van der Waals surface area contributed by atoms with Crippen LogP contribution in [0.4, 0.5) is 4.39 Å². The second-order valence-electron chi connectivity index (χ2n) is 6.69. The van der Waals surface area contributed by atoms with Gasteiger partial charge in [-0.05, 0) is 49.5 Å². The average Bonchev–Trinajstić information content (AvgIpc) is 3.04. The smallest absolute Gasteiger partial charge is 0.209 e. The number of aliphatic hydroxyl groups excluding tert-OH is 1. The third kappa shape index (κ3) is 3.57. The highest BCUT2D eigenvalue weighted by atomic mass is 19.1. The van der Waals surface area contributed by atoms with Crippen molar-refractivity contribution < 1.29 is 13.9 Å². The van der Waals surface area contributed by atoms with Gasteiger partial charge in [-0.2, -0.15) is 0 Å². The molecule has 1 aromatic heterocycles. The highest BCUT2D eigenvalue weighted by Crippen LogP contribution is 2.31. The molecule has 130 valence electrons. The number of oxazole rings is 1. The molecule has 0 spiro atoms. The summed E-state index contributed by atoms with van der Waals surface area (Å²) in [4.78, 5) is 6.64. The molecule has 0 radical (unpaired) electrons. The maximum Gasteiger partial charge on any atom is 0.209 e. The first kappa shape index (κ1) is 16.2. The lowest BCUT2D eigenvalue weighted by Gasteiger charge is -2.33. The zero-order chi connectivity index (χ0) is 17.2. The highest BCUT2D eigenvalue weighted by Gasteiger charge is 2.26. The molecule has 0 saturated carbocycles. The van der Waals surface area contributed by atoms with Gasteiger partial charge in [0.25, 0.3) is 0 Å². The number of hydrogen-bond donors (Lipinski definition) is 1. The molecule has 0 aliphatic carbocycles. The molecular formula is C20H21FN2O2. The Morgan fingerprint density at radius 1 is 1.16 bits per heavy atom. The van der Waals surface area contributed by atoms with Crippen molar-refractivity contribution in [2.75, 3.05) is 13.1 Å². The Bertz CT molecular complexity index is 841. The fourth-order valence-corrected chi connectivity index (χ4v) is 3.56. The van der Waals surface area contributed by atoms with Gasteiger partial charge in [0.05, 0.1) is 12.6 Å². The van der Waals surface area contributed by atoms with Gasteiger partial charge < -0.3 is 9.52 Å². The molecule has 1 unspecified atom stereocenters. The molecule has 0 amide bonds. The van der Waals surface area contributed by atoms with E-state index in [0.29, 0.717) is 23.5 Å². The van der Waals surface area contributed by atoms with Crippen molar-refractivity contribution in [2.45, 2.75) is 25.5 Å². The number of likely N-dealkylation sites (tertiary alicyclic amines) is 1. The van der Waals surface area contributed by atoms with Crippen LogP contribution >= 0.6 is 0 Å². The van der Waals surface area contributed by atoms with Crippen LogP contribution in [0.15, 0.2) is 52.9 Å². The van der Waals surface area contributed by atoms with Gasteiger partial charge in [-0.15, -0.1) is 0 Å². The lowest BCUT2D eigenvalue weighted by atomic mass is 9.87. The van der Waals surface area contributed by atoms with E-state index < -0.39 is 6.10 Å². The summed E-state index contributed by atoms with van der Waals surface area (Å²) in [5, 5.41) is 10.6. The first-order chi connectivity index (χ1) is 12.2. The molecule has 2 heterocycles. The van der Waals surface area contributed by atoms with Gasteiger partial charge in [0, 0.05) is 6.07 Å². The van der Waals surface area contributed by atoms with E-state index in [1.807, 2.05) is 30.3 Å². The van der Waals surface area contributed by atoms with Gasteiger partial charge in [0.15, 0.2) is 5.58 Å². The Kier molecular flexibility index (Phi) is 4.51. The molecule has 1 aliphatic heterocycles. The van der Waals surface area contributed by atoms with Gasteiger partial charge in [-0.3, -0.25) is 4.90 Å². The van der Waals surface area contributed by atoms with Crippen LogP contribution in [0.3, 0.4) is 0 Å². The van der Waals surface area contributed by atoms with E-state index >= 15 is 0 Å². The normalized spacial score (nSPS) is 17.8. The maximum absolute atomic E-state index is 13.2. The molecular weight excluding hydrogens is 319 g/mol. The van der Waals surface area contributed by atoms with Crippen LogP contribution in [0.25, 0.3) is 11.1 Å². The van der Waals surface area contributed by atoms with Crippen LogP contribution in [0.2, 0.25) is 0 Å². The third-order valence-electron chi connectivity index (χ3n) is 4.97. The van der Waals surface area contributed by atoms with Gasteiger partial charge in [-0.25, -0.2) is 9.37 Å². The molecule has 2 aromatic carbocycles. The van der Waals surface area contributed by atoms with Crippen molar-refractivity contribution in [3.63, 3.8) is 0 Å². The standard InChI is InChI=1S/C20H21FN2O2/c21-16-6-7-18-17(12-16)22-19(25-18)13-23-10-8-15(9-11-23)20(24)14-4-2-1-3-5-14/h1-7,12,15,20,24H,8-11,13H2. The lowest BCUT2D eigenvalue weighted by molar-refractivity contribution is 0.0545. The Hall–Kier alpha value is -2.24. The molecule has 5 heteroatoms. The van der Waals surface area contributed by atoms with Crippen LogP contribution in [0.1, 0.15) is 30.4 Å². The molecule has 4 nitrogen and oxygen atoms in total. The molecule has 1 N–H and O–H groups in total. The largest absolute Gasteiger partial charge is 0.439 e. The molecule has 0 bridgehead atoms. The molecule has 25 heavy (non-hydrogen) atoms. The van der Waals surface area contributed by atoms with Crippen LogP contribution in [0.5, 0.6) is 0 Å². The molecule has 4 rings (SSSR count). The average molecular weight is 340 g/mol. The minimum atomic E-state index is -0.407. The second kappa shape index (κ2) is 6.94. The Morgan fingerprint density at radius 3 is 2.68 bits per heavy atom. The molecule has 3 aromatic rings. The van der Waals surface area contributed by atoms with E-state index in [2.05, 4.69) is 9.88 Å². The number of piperidine rings is 1. The summed E-state index contributed by atoms with van der Waals surface area (Å²) in [5.41, 5.74) is 2.16. The van der Waals surface area contributed by atoms with Crippen molar-refractivity contribution in [1.82, 2.24) is 9.88 Å². The number of halogens is 1. The predicted molar refractivity (Wildman–Crippen MR) is 93.4 cm³/mol. The van der Waals surface area contributed by atoms with Crippen molar-refractivity contribution in [3.05, 3.63) is 65.8 Å². The fraction of sp³-hybridized carbons (Fsp3) is 0.350. The van der Waals surface area contributed by atoms with Crippen LogP contribution in [-0.4, -0.2) is 28.1 Å². The van der Waals surface area contributed by atoms with E-state index in [1.165, 1.54) is 12.1 Å². The van der Waals surface area contributed by atoms with Crippen LogP contribution in [0, 0.1) is 11.7 Å². The summed E-state index contributed by atoms with van der Waals surface area (Å²) < 4.78 is 18.9. The Balaban J connectivity index is 1.36. The number of nitrogens with zero attached hydrogens (tertiary/aromatic N) is 2. The minimum absolute atomic E-state index is 0.274. The number of aromatic nitrogens is 1. The number of benzene rings is 2. The summed E-state index contributed by atoms with van der Waals surface area (Å²) in [7, 11) is 0. The molecule has 1 aliphatic rings. The topological polar surface area (TPSA) is 49.5 Å². The van der Waals surface area contributed by atoms with Crippen molar-refractivity contribution in [1.29, 1.82) is 0 Å². The number of aliphatic hydroxyl groups is 1. The first-order valence-electron chi connectivity index (χ1n) is 8.69. The highest BCUT2D eigenvalue weighted by molar-refractivity contribution is 5.72. The minimum Gasteiger partial charge on any atom is -0.439 e. The van der Waals surface area contributed by atoms with Crippen molar-refractivity contribution in [2.24, 2.45) is 5.92 Å². The zero-order valence-corrected chi connectivity index (χ0v) is 13.9. The second-order valence-corrected chi connectivity index (χ2v) is 6.69. The fourth-order valence-electron chi connectivity index (χ4n) is 3.56. The number of hydrogen-bond acceptors (Lipinski definition) is 4. The monoisotopic (exact) mass is 340 g/mol. The summed E-state index contributed by atoms with van der Waals surface area (Å²) in [6, 6.07) is 14.2. The van der Waals surface area contributed by atoms with E-state index in [1.54, 1.807) is 6.07 Å². The third-order valence-corrected chi connectivity index (χ3v) is 4.97. The SMILES string of the molecule is OC(c1ccccc1)C1CCN(Cc2nc3cc(F)ccc3o2)CC1. The number of fused-ring (bicyclic) bond motifs is 1. The predicted octanol–water partition coefficient (Wildman–Crippen LogP) is 3.91. The van der Waals surface area contributed by atoms with Crippen LogP contribution < -0.4 is 0 Å². The van der Waals surface area contributed by atoms with Crippen molar-refractivity contribution >= 4 is 11.1 Å². The zero-order valence-electron chi connectivity index (χ0n) is 13.9. The summed E-state index contributed by atoms with van der Waals surface area (Å²) in [5.74, 6) is 0.585. The molecule has 1 atom stereocenters. The summed E-state index contributed by atoms with van der Waals surface area (Å²) in [6.07, 6.45) is 1.46. The Morgan fingerprint density at radius 2 is 1.92 bits per heavy atom. The van der Waals surface area contributed by atoms with E-state index in [-0.39, 0.29) is 11.7 Å². The first-order valence-corrected chi connectivity index (χ1v) is 8.69. The quantitative estimate of drug-likeness (QED) is 0.782. The van der Waals surface area contributed by atoms with Gasteiger partial charge >= 0.3 is 0 Å². The van der Waals surface area contributed by atoms with Crippen molar-refractivity contribution in [3.8, 4) is 0 Å². The van der Waals surface area contributed by atoms with Gasteiger partial charge in [0.2, 0.25) is 5.89 Å². The Labute approximate surface area is 145 Å². The maximum atomic E-state index is 13.2. The summed E-state index contributed by atoms with van der Waals surface area (Å²) >= 11 is 0. The van der Waals surface area contributed by atoms with Gasteiger partial charge in [0.1, 0.15) is 11.3 Å². The lowest BCUT2D eigenvalue weighted by Crippen LogP contribution is -2.35. The van der Waals surface area contributed by atoms with E-state index in [0.717, 1.165) is 31.5 Å². The molecule has 1 fully saturated rings.